The number of amides is 1. The number of hydrogen-bond acceptors (Lipinski definition) is 3. The Bertz CT molecular complexity index is 196. The second-order valence-corrected chi connectivity index (χ2v) is 5.13. The van der Waals surface area contributed by atoms with Crippen molar-refractivity contribution in [3.63, 3.8) is 0 Å². The van der Waals surface area contributed by atoms with Gasteiger partial charge in [-0.25, -0.2) is 0 Å². The maximum Gasteiger partial charge on any atom is 0.219 e. The van der Waals surface area contributed by atoms with Crippen LogP contribution in [-0.2, 0) is 9.53 Å². The Morgan fingerprint density at radius 1 is 1.17 bits per heavy atom. The van der Waals surface area contributed by atoms with Crippen molar-refractivity contribution in [2.75, 3.05) is 26.3 Å². The van der Waals surface area contributed by atoms with Crippen LogP contribution in [0, 0.1) is 5.92 Å². The lowest BCUT2D eigenvalue weighted by molar-refractivity contribution is -0.121. The number of carbonyl (C=O) groups is 1. The molecule has 1 amide bonds. The number of nitrogens with one attached hydrogen (secondary N) is 1. The Labute approximate surface area is 112 Å². The van der Waals surface area contributed by atoms with E-state index in [1.165, 1.54) is 0 Å². The van der Waals surface area contributed by atoms with Gasteiger partial charge in [0.1, 0.15) is 0 Å². The van der Waals surface area contributed by atoms with Gasteiger partial charge in [0.15, 0.2) is 0 Å². The second kappa shape index (κ2) is 12.8. The first-order chi connectivity index (χ1) is 8.66. The van der Waals surface area contributed by atoms with Gasteiger partial charge in [0.2, 0.25) is 5.91 Å². The molecule has 4 heteroatoms. The molecule has 0 bridgehead atoms. The van der Waals surface area contributed by atoms with E-state index in [0.717, 1.165) is 58.4 Å². The highest BCUT2D eigenvalue weighted by Gasteiger charge is 2.00. The zero-order valence-corrected chi connectivity index (χ0v) is 12.0. The molecule has 0 radical (unpaired) electrons. The normalized spacial score (nSPS) is 10.9. The molecule has 3 N–H and O–H groups in total. The van der Waals surface area contributed by atoms with Gasteiger partial charge in [-0.3, -0.25) is 4.79 Å². The SMILES string of the molecule is CC(C)COCCCNC(=O)CCCCCCN. The van der Waals surface area contributed by atoms with Crippen LogP contribution >= 0.6 is 0 Å². The molecular formula is C14H30N2O2. The van der Waals surface area contributed by atoms with E-state index in [1.54, 1.807) is 0 Å². The maximum absolute atomic E-state index is 11.4. The Balaban J connectivity index is 3.17. The minimum atomic E-state index is 0.159. The van der Waals surface area contributed by atoms with Gasteiger partial charge in [0, 0.05) is 26.2 Å². The molecule has 0 unspecified atom stereocenters. The minimum absolute atomic E-state index is 0.159. The van der Waals surface area contributed by atoms with Gasteiger partial charge in [0.25, 0.3) is 0 Å². The van der Waals surface area contributed by atoms with Gasteiger partial charge < -0.3 is 15.8 Å². The van der Waals surface area contributed by atoms with E-state index in [9.17, 15) is 4.79 Å². The molecule has 0 aliphatic carbocycles. The van der Waals surface area contributed by atoms with Crippen LogP contribution in [0.4, 0.5) is 0 Å². The molecule has 4 nitrogen and oxygen atoms in total. The molecule has 0 aliphatic heterocycles. The molecule has 18 heavy (non-hydrogen) atoms. The van der Waals surface area contributed by atoms with Crippen LogP contribution in [0.5, 0.6) is 0 Å². The van der Waals surface area contributed by atoms with Crippen molar-refractivity contribution in [2.24, 2.45) is 11.7 Å². The Morgan fingerprint density at radius 2 is 1.89 bits per heavy atom. The van der Waals surface area contributed by atoms with Gasteiger partial charge in [-0.05, 0) is 31.7 Å². The highest BCUT2D eigenvalue weighted by Crippen LogP contribution is 2.01. The maximum atomic E-state index is 11.4. The number of nitrogens with two attached hydrogens (primary N) is 1. The molecule has 0 rings (SSSR count). The summed E-state index contributed by atoms with van der Waals surface area (Å²) in [4.78, 5) is 11.4. The first-order valence-corrected chi connectivity index (χ1v) is 7.21. The fraction of sp³-hybridized carbons (Fsp3) is 0.929. The topological polar surface area (TPSA) is 64.3 Å². The average molecular weight is 258 g/mol. The predicted octanol–water partition coefficient (Wildman–Crippen LogP) is 2.07. The van der Waals surface area contributed by atoms with Gasteiger partial charge in [-0.2, -0.15) is 0 Å². The lowest BCUT2D eigenvalue weighted by atomic mass is 10.1. The molecule has 0 aliphatic rings. The summed E-state index contributed by atoms with van der Waals surface area (Å²) in [7, 11) is 0. The van der Waals surface area contributed by atoms with E-state index >= 15 is 0 Å². The van der Waals surface area contributed by atoms with Crippen LogP contribution in [0.2, 0.25) is 0 Å². The molecule has 0 atom stereocenters. The van der Waals surface area contributed by atoms with Crippen LogP contribution in [0.15, 0.2) is 0 Å². The molecule has 0 heterocycles. The summed E-state index contributed by atoms with van der Waals surface area (Å²) in [5.41, 5.74) is 5.40. The monoisotopic (exact) mass is 258 g/mol. The Hall–Kier alpha value is -0.610. The van der Waals surface area contributed by atoms with Crippen molar-refractivity contribution < 1.29 is 9.53 Å². The molecule has 0 saturated heterocycles. The summed E-state index contributed by atoms with van der Waals surface area (Å²) >= 11 is 0. The number of carbonyl (C=O) groups excluding carboxylic acids is 1. The third-order valence-electron chi connectivity index (χ3n) is 2.60. The molecule has 0 spiro atoms. The van der Waals surface area contributed by atoms with Crippen molar-refractivity contribution in [2.45, 2.75) is 52.4 Å². The van der Waals surface area contributed by atoms with Crippen LogP contribution < -0.4 is 11.1 Å². The molecular weight excluding hydrogens is 228 g/mol. The van der Waals surface area contributed by atoms with Crippen LogP contribution in [0.3, 0.4) is 0 Å². The minimum Gasteiger partial charge on any atom is -0.381 e. The molecule has 0 aromatic carbocycles. The quantitative estimate of drug-likeness (QED) is 0.527. The highest BCUT2D eigenvalue weighted by molar-refractivity contribution is 5.75. The van der Waals surface area contributed by atoms with Crippen LogP contribution in [0.1, 0.15) is 52.4 Å². The molecule has 0 fully saturated rings. The van der Waals surface area contributed by atoms with E-state index in [4.69, 9.17) is 10.5 Å². The molecule has 0 saturated carbocycles. The summed E-state index contributed by atoms with van der Waals surface area (Å²) in [6, 6.07) is 0. The van der Waals surface area contributed by atoms with Gasteiger partial charge in [-0.15, -0.1) is 0 Å². The van der Waals surface area contributed by atoms with Crippen LogP contribution in [-0.4, -0.2) is 32.2 Å². The van der Waals surface area contributed by atoms with Crippen molar-refractivity contribution in [3.05, 3.63) is 0 Å². The second-order valence-electron chi connectivity index (χ2n) is 5.13. The van der Waals surface area contributed by atoms with Crippen LogP contribution in [0.25, 0.3) is 0 Å². The van der Waals surface area contributed by atoms with E-state index in [1.807, 2.05) is 0 Å². The zero-order valence-electron chi connectivity index (χ0n) is 12.0. The van der Waals surface area contributed by atoms with Crippen molar-refractivity contribution >= 4 is 5.91 Å². The fourth-order valence-corrected chi connectivity index (χ4v) is 1.59. The van der Waals surface area contributed by atoms with E-state index < -0.39 is 0 Å². The van der Waals surface area contributed by atoms with Gasteiger partial charge in [-0.1, -0.05) is 26.7 Å². The molecule has 108 valence electrons. The van der Waals surface area contributed by atoms with Gasteiger partial charge >= 0.3 is 0 Å². The number of unbranched alkanes of at least 4 members (excludes halogenated alkanes) is 3. The predicted molar refractivity (Wildman–Crippen MR) is 75.4 cm³/mol. The molecule has 0 aromatic rings. The largest absolute Gasteiger partial charge is 0.381 e. The summed E-state index contributed by atoms with van der Waals surface area (Å²) in [6.45, 7) is 7.27. The number of ether oxygens (including phenoxy) is 1. The van der Waals surface area contributed by atoms with E-state index in [0.29, 0.717) is 12.3 Å². The summed E-state index contributed by atoms with van der Waals surface area (Å²) in [5.74, 6) is 0.736. The average Bonchev–Trinajstić information content (AvgIpc) is 2.33. The zero-order chi connectivity index (χ0) is 13.6. The summed E-state index contributed by atoms with van der Waals surface area (Å²) < 4.78 is 5.44. The van der Waals surface area contributed by atoms with E-state index in [2.05, 4.69) is 19.2 Å². The molecule has 0 aromatic heterocycles. The fourth-order valence-electron chi connectivity index (χ4n) is 1.59. The standard InChI is InChI=1S/C14H30N2O2/c1-13(2)12-18-11-7-10-16-14(17)8-5-3-4-6-9-15/h13H,3-12,15H2,1-2H3,(H,16,17). The highest BCUT2D eigenvalue weighted by atomic mass is 16.5. The Morgan fingerprint density at radius 3 is 2.56 bits per heavy atom. The third-order valence-corrected chi connectivity index (χ3v) is 2.60. The first kappa shape index (κ1) is 17.4. The van der Waals surface area contributed by atoms with E-state index in [-0.39, 0.29) is 5.91 Å². The summed E-state index contributed by atoms with van der Waals surface area (Å²) in [6.07, 6.45) is 5.79. The van der Waals surface area contributed by atoms with Crippen molar-refractivity contribution in [1.29, 1.82) is 0 Å². The van der Waals surface area contributed by atoms with Gasteiger partial charge in [0.05, 0.1) is 0 Å². The smallest absolute Gasteiger partial charge is 0.219 e. The van der Waals surface area contributed by atoms with Crippen molar-refractivity contribution in [1.82, 2.24) is 5.32 Å². The third kappa shape index (κ3) is 13.5. The van der Waals surface area contributed by atoms with Crippen molar-refractivity contribution in [3.8, 4) is 0 Å². The first-order valence-electron chi connectivity index (χ1n) is 7.21. The number of rotatable bonds is 12. The number of hydrogen-bond donors (Lipinski definition) is 2. The Kier molecular flexibility index (Phi) is 12.4. The summed E-state index contributed by atoms with van der Waals surface area (Å²) in [5, 5.41) is 2.92. The lowest BCUT2D eigenvalue weighted by Crippen LogP contribution is -2.25. The lowest BCUT2D eigenvalue weighted by Gasteiger charge is -2.07.